The van der Waals surface area contributed by atoms with E-state index in [0.717, 1.165) is 25.0 Å². The first-order valence-corrected chi connectivity index (χ1v) is 8.17. The van der Waals surface area contributed by atoms with E-state index in [1.54, 1.807) is 0 Å². The summed E-state index contributed by atoms with van der Waals surface area (Å²) in [4.78, 5) is 2.76. The molecule has 1 aliphatic rings. The molecule has 0 aromatic carbocycles. The molecule has 1 rings (SSSR count). The molecule has 0 spiro atoms. The van der Waals surface area contributed by atoms with Gasteiger partial charge in [0.05, 0.1) is 0 Å². The lowest BCUT2D eigenvalue weighted by molar-refractivity contribution is 0.0889. The zero-order valence-corrected chi connectivity index (χ0v) is 13.0. The van der Waals surface area contributed by atoms with Crippen LogP contribution in [0.25, 0.3) is 0 Å². The fourth-order valence-electron chi connectivity index (χ4n) is 3.30. The van der Waals surface area contributed by atoms with Gasteiger partial charge in [0.2, 0.25) is 0 Å². The van der Waals surface area contributed by atoms with E-state index in [1.807, 2.05) is 0 Å². The third kappa shape index (κ3) is 4.89. The van der Waals surface area contributed by atoms with Gasteiger partial charge in [-0.25, -0.2) is 0 Å². The lowest BCUT2D eigenvalue weighted by Crippen LogP contribution is -2.47. The lowest BCUT2D eigenvalue weighted by Gasteiger charge is -2.40. The maximum atomic E-state index is 3.57. The summed E-state index contributed by atoms with van der Waals surface area (Å²) in [7, 11) is 0. The highest BCUT2D eigenvalue weighted by Crippen LogP contribution is 2.25. The zero-order chi connectivity index (χ0) is 13.4. The Kier molecular flexibility index (Phi) is 7.92. The van der Waals surface area contributed by atoms with Crippen LogP contribution < -0.4 is 5.32 Å². The highest BCUT2D eigenvalue weighted by Gasteiger charge is 2.26. The summed E-state index contributed by atoms with van der Waals surface area (Å²) in [6, 6.07) is 1.56. The third-order valence-corrected chi connectivity index (χ3v) is 4.65. The summed E-state index contributed by atoms with van der Waals surface area (Å²) in [5.74, 6) is 0.749. The monoisotopic (exact) mass is 254 g/mol. The summed E-state index contributed by atoms with van der Waals surface area (Å²) >= 11 is 0. The van der Waals surface area contributed by atoms with Gasteiger partial charge in [0.25, 0.3) is 0 Å². The highest BCUT2D eigenvalue weighted by atomic mass is 15.2. The summed E-state index contributed by atoms with van der Waals surface area (Å²) in [5.41, 5.74) is 0. The first-order valence-electron chi connectivity index (χ1n) is 8.17. The second kappa shape index (κ2) is 8.92. The molecule has 2 nitrogen and oxygen atoms in total. The molecule has 108 valence electrons. The quantitative estimate of drug-likeness (QED) is 0.665. The number of nitrogens with zero attached hydrogens (tertiary/aromatic N) is 1. The number of rotatable bonds is 8. The van der Waals surface area contributed by atoms with Crippen LogP contribution in [-0.4, -0.2) is 36.6 Å². The van der Waals surface area contributed by atoms with E-state index in [4.69, 9.17) is 0 Å². The smallest absolute Gasteiger partial charge is 0.0107 e. The molecule has 1 fully saturated rings. The Hall–Kier alpha value is -0.0800. The highest BCUT2D eigenvalue weighted by molar-refractivity contribution is 4.82. The van der Waals surface area contributed by atoms with Gasteiger partial charge in [-0.05, 0) is 51.7 Å². The maximum absolute atomic E-state index is 3.57. The van der Waals surface area contributed by atoms with Crippen LogP contribution in [-0.2, 0) is 0 Å². The van der Waals surface area contributed by atoms with Crippen molar-refractivity contribution in [3.63, 3.8) is 0 Å². The van der Waals surface area contributed by atoms with Crippen LogP contribution in [0.3, 0.4) is 0 Å². The van der Waals surface area contributed by atoms with Crippen LogP contribution >= 0.6 is 0 Å². The minimum absolute atomic E-state index is 0.711. The van der Waals surface area contributed by atoms with Gasteiger partial charge in [-0.2, -0.15) is 0 Å². The average Bonchev–Trinajstić information content (AvgIpc) is 2.41. The first-order chi connectivity index (χ1) is 8.70. The van der Waals surface area contributed by atoms with E-state index in [0.29, 0.717) is 6.04 Å². The Morgan fingerprint density at radius 3 is 2.33 bits per heavy atom. The van der Waals surface area contributed by atoms with Crippen LogP contribution in [0.1, 0.15) is 66.2 Å². The maximum Gasteiger partial charge on any atom is 0.0107 e. The summed E-state index contributed by atoms with van der Waals surface area (Å²) in [6.07, 6.45) is 8.42. The molecular weight excluding hydrogens is 220 g/mol. The third-order valence-electron chi connectivity index (χ3n) is 4.65. The second-order valence-electron chi connectivity index (χ2n) is 6.04. The van der Waals surface area contributed by atoms with Crippen molar-refractivity contribution in [1.29, 1.82) is 0 Å². The molecule has 1 aliphatic carbocycles. The van der Waals surface area contributed by atoms with Gasteiger partial charge < -0.3 is 5.32 Å². The number of hydrogen-bond acceptors (Lipinski definition) is 2. The molecular formula is C16H34N2. The molecule has 2 atom stereocenters. The van der Waals surface area contributed by atoms with Gasteiger partial charge >= 0.3 is 0 Å². The van der Waals surface area contributed by atoms with E-state index >= 15 is 0 Å². The van der Waals surface area contributed by atoms with Gasteiger partial charge in [-0.3, -0.25) is 4.90 Å². The van der Waals surface area contributed by atoms with Crippen LogP contribution in [0.2, 0.25) is 0 Å². The molecule has 1 N–H and O–H groups in total. The van der Waals surface area contributed by atoms with Crippen LogP contribution in [0.5, 0.6) is 0 Å². The normalized spacial score (nSPS) is 21.2. The van der Waals surface area contributed by atoms with Crippen molar-refractivity contribution in [3.05, 3.63) is 0 Å². The van der Waals surface area contributed by atoms with Gasteiger partial charge in [-0.15, -0.1) is 0 Å². The molecule has 18 heavy (non-hydrogen) atoms. The Morgan fingerprint density at radius 2 is 1.78 bits per heavy atom. The molecule has 2 heteroatoms. The van der Waals surface area contributed by atoms with Gasteiger partial charge in [0.15, 0.2) is 0 Å². The second-order valence-corrected chi connectivity index (χ2v) is 6.04. The molecule has 2 unspecified atom stereocenters. The number of nitrogens with one attached hydrogen (secondary N) is 1. The van der Waals surface area contributed by atoms with Gasteiger partial charge in [0.1, 0.15) is 0 Å². The van der Waals surface area contributed by atoms with Crippen LogP contribution in [0, 0.1) is 5.92 Å². The van der Waals surface area contributed by atoms with Crippen LogP contribution in [0.15, 0.2) is 0 Å². The molecule has 1 saturated carbocycles. The van der Waals surface area contributed by atoms with Gasteiger partial charge in [-0.1, -0.05) is 40.0 Å². The molecule has 0 radical (unpaired) electrons. The van der Waals surface area contributed by atoms with E-state index in [1.165, 1.54) is 45.1 Å². The van der Waals surface area contributed by atoms with Crippen molar-refractivity contribution in [1.82, 2.24) is 10.2 Å². The Labute approximate surface area is 115 Å². The van der Waals surface area contributed by atoms with Crippen molar-refractivity contribution < 1.29 is 0 Å². The van der Waals surface area contributed by atoms with E-state index in [9.17, 15) is 0 Å². The predicted molar refractivity (Wildman–Crippen MR) is 81.0 cm³/mol. The topological polar surface area (TPSA) is 15.3 Å². The zero-order valence-electron chi connectivity index (χ0n) is 13.0. The number of hydrogen-bond donors (Lipinski definition) is 1. The molecule has 0 aliphatic heterocycles. The van der Waals surface area contributed by atoms with Crippen molar-refractivity contribution in [2.45, 2.75) is 78.3 Å². The minimum atomic E-state index is 0.711. The van der Waals surface area contributed by atoms with Crippen molar-refractivity contribution >= 4 is 0 Å². The Balaban J connectivity index is 2.41. The van der Waals surface area contributed by atoms with Crippen molar-refractivity contribution in [2.24, 2.45) is 5.92 Å². The lowest BCUT2D eigenvalue weighted by atomic mass is 9.91. The minimum Gasteiger partial charge on any atom is -0.316 e. The first kappa shape index (κ1) is 16.0. The standard InChI is InChI=1S/C16H34N2/c1-5-12-17-13-14(3)15(4)18(6-2)16-10-8-7-9-11-16/h14-17H,5-13H2,1-4H3. The largest absolute Gasteiger partial charge is 0.316 e. The summed E-state index contributed by atoms with van der Waals surface area (Å²) in [6.45, 7) is 12.9. The predicted octanol–water partition coefficient (Wildman–Crippen LogP) is 3.67. The molecule has 0 saturated heterocycles. The van der Waals surface area contributed by atoms with Gasteiger partial charge in [0, 0.05) is 12.1 Å². The molecule has 0 bridgehead atoms. The average molecular weight is 254 g/mol. The Morgan fingerprint density at radius 1 is 1.11 bits per heavy atom. The van der Waals surface area contributed by atoms with E-state index in [-0.39, 0.29) is 0 Å². The Bertz CT molecular complexity index is 199. The molecule has 0 aromatic rings. The molecule has 0 heterocycles. The van der Waals surface area contributed by atoms with E-state index < -0.39 is 0 Å². The summed E-state index contributed by atoms with van der Waals surface area (Å²) in [5, 5.41) is 3.57. The van der Waals surface area contributed by atoms with Crippen molar-refractivity contribution in [2.75, 3.05) is 19.6 Å². The summed E-state index contributed by atoms with van der Waals surface area (Å²) < 4.78 is 0. The molecule has 0 amide bonds. The van der Waals surface area contributed by atoms with E-state index in [2.05, 4.69) is 37.9 Å². The fraction of sp³-hybridized carbons (Fsp3) is 1.00. The molecule has 0 aromatic heterocycles. The fourth-order valence-corrected chi connectivity index (χ4v) is 3.30. The van der Waals surface area contributed by atoms with Crippen molar-refractivity contribution in [3.8, 4) is 0 Å². The van der Waals surface area contributed by atoms with Crippen LogP contribution in [0.4, 0.5) is 0 Å². The SMILES string of the molecule is CCCNCC(C)C(C)N(CC)C1CCCCC1.